The van der Waals surface area contributed by atoms with Gasteiger partial charge < -0.3 is 5.32 Å². The highest BCUT2D eigenvalue weighted by Gasteiger charge is 2.21. The highest BCUT2D eigenvalue weighted by Crippen LogP contribution is 2.29. The topological polar surface area (TPSA) is 29.1 Å². The van der Waals surface area contributed by atoms with Crippen LogP contribution < -0.4 is 5.32 Å². The molecule has 2 rings (SSSR count). The molecule has 0 radical (unpaired) electrons. The van der Waals surface area contributed by atoms with Crippen molar-refractivity contribution in [1.29, 1.82) is 0 Å². The van der Waals surface area contributed by atoms with Gasteiger partial charge in [0.05, 0.1) is 4.91 Å². The van der Waals surface area contributed by atoms with Crippen molar-refractivity contribution in [2.24, 2.45) is 0 Å². The zero-order valence-corrected chi connectivity index (χ0v) is 12.2. The van der Waals surface area contributed by atoms with Gasteiger partial charge in [0.2, 0.25) is 0 Å². The van der Waals surface area contributed by atoms with Crippen LogP contribution in [0.2, 0.25) is 0 Å². The highest BCUT2D eigenvalue weighted by atomic mass is 32.2. The van der Waals surface area contributed by atoms with Crippen molar-refractivity contribution in [2.45, 2.75) is 9.79 Å². The fourth-order valence-corrected chi connectivity index (χ4v) is 3.38. The van der Waals surface area contributed by atoms with Crippen molar-refractivity contribution >= 4 is 64.7 Å². The third-order valence-electron chi connectivity index (χ3n) is 2.14. The molecular formula is C11H9NOS4. The number of hydrogen-bond donors (Lipinski definition) is 2. The number of thiocarbonyl (C=S) groups is 1. The molecule has 1 aromatic carbocycles. The molecular weight excluding hydrogens is 290 g/mol. The van der Waals surface area contributed by atoms with Crippen molar-refractivity contribution in [3.05, 3.63) is 28.7 Å². The first-order valence-corrected chi connectivity index (χ1v) is 7.61. The minimum atomic E-state index is -0.130. The van der Waals surface area contributed by atoms with E-state index in [0.717, 1.165) is 15.4 Å². The summed E-state index contributed by atoms with van der Waals surface area (Å²) in [6.07, 6.45) is 3.83. The Morgan fingerprint density at radius 3 is 2.82 bits per heavy atom. The summed E-state index contributed by atoms with van der Waals surface area (Å²) in [5.41, 5.74) is 0.954. The second kappa shape index (κ2) is 5.48. The van der Waals surface area contributed by atoms with Gasteiger partial charge in [-0.15, -0.1) is 24.4 Å². The number of carbonyl (C=O) groups excluding carboxylic acids is 1. The maximum Gasteiger partial charge on any atom is 0.263 e. The lowest BCUT2D eigenvalue weighted by atomic mass is 10.2. The summed E-state index contributed by atoms with van der Waals surface area (Å²) in [6, 6.07) is 5.90. The zero-order chi connectivity index (χ0) is 12.4. The largest absolute Gasteiger partial charge is 0.307 e. The molecule has 1 aliphatic rings. The predicted molar refractivity (Wildman–Crippen MR) is 81.8 cm³/mol. The first-order chi connectivity index (χ1) is 8.10. The number of benzene rings is 1. The molecule has 1 N–H and O–H groups in total. The molecule has 1 heterocycles. The second-order valence-electron chi connectivity index (χ2n) is 3.28. The molecule has 0 spiro atoms. The minimum Gasteiger partial charge on any atom is -0.307 e. The Morgan fingerprint density at radius 1 is 1.53 bits per heavy atom. The summed E-state index contributed by atoms with van der Waals surface area (Å²) in [4.78, 5) is 14.1. The molecule has 1 amide bonds. The van der Waals surface area contributed by atoms with E-state index >= 15 is 0 Å². The van der Waals surface area contributed by atoms with Crippen LogP contribution in [0.15, 0.2) is 32.9 Å². The highest BCUT2D eigenvalue weighted by molar-refractivity contribution is 8.26. The quantitative estimate of drug-likeness (QED) is 0.380. The summed E-state index contributed by atoms with van der Waals surface area (Å²) in [7, 11) is 0. The molecule has 0 unspecified atom stereocenters. The standard InChI is InChI=1S/C11H9NOS4/c1-16-8-3-2-6(4-7(8)14)5-9-10(13)12-11(15)17-9/h2-5,14H,1H3,(H,12,13,15)/b9-5-. The molecule has 0 bridgehead atoms. The van der Waals surface area contributed by atoms with Gasteiger partial charge in [-0.25, -0.2) is 0 Å². The van der Waals surface area contributed by atoms with Gasteiger partial charge in [0, 0.05) is 9.79 Å². The van der Waals surface area contributed by atoms with Gasteiger partial charge in [-0.2, -0.15) is 0 Å². The van der Waals surface area contributed by atoms with Crippen LogP contribution in [0.5, 0.6) is 0 Å². The number of hydrogen-bond acceptors (Lipinski definition) is 5. The summed E-state index contributed by atoms with van der Waals surface area (Å²) < 4.78 is 0.507. The summed E-state index contributed by atoms with van der Waals surface area (Å²) >= 11 is 12.3. The fraction of sp³-hybridized carbons (Fsp3) is 0.0909. The second-order valence-corrected chi connectivity index (χ2v) is 6.33. The smallest absolute Gasteiger partial charge is 0.263 e. The van der Waals surface area contributed by atoms with Crippen LogP contribution >= 0.6 is 48.4 Å². The van der Waals surface area contributed by atoms with Gasteiger partial charge >= 0.3 is 0 Å². The van der Waals surface area contributed by atoms with E-state index in [1.54, 1.807) is 11.8 Å². The van der Waals surface area contributed by atoms with Crippen molar-refractivity contribution in [1.82, 2.24) is 5.32 Å². The molecule has 1 aliphatic heterocycles. The molecule has 6 heteroatoms. The van der Waals surface area contributed by atoms with Gasteiger partial charge in [-0.3, -0.25) is 4.79 Å². The van der Waals surface area contributed by atoms with Crippen LogP contribution in [0.25, 0.3) is 6.08 Å². The molecule has 17 heavy (non-hydrogen) atoms. The maximum absolute atomic E-state index is 11.5. The Kier molecular flexibility index (Phi) is 4.19. The van der Waals surface area contributed by atoms with E-state index in [4.69, 9.17) is 12.2 Å². The molecule has 1 fully saturated rings. The van der Waals surface area contributed by atoms with Crippen LogP contribution in [0.3, 0.4) is 0 Å². The SMILES string of the molecule is CSc1ccc(/C=C2\SC(=S)NC2=O)cc1S. The molecule has 2 nitrogen and oxygen atoms in total. The van der Waals surface area contributed by atoms with E-state index in [1.165, 1.54) is 11.8 Å². The Morgan fingerprint density at radius 2 is 2.29 bits per heavy atom. The van der Waals surface area contributed by atoms with Crippen LogP contribution in [-0.2, 0) is 4.79 Å². The number of carbonyl (C=O) groups is 1. The van der Waals surface area contributed by atoms with E-state index in [0.29, 0.717) is 9.23 Å². The van der Waals surface area contributed by atoms with E-state index in [9.17, 15) is 4.79 Å². The van der Waals surface area contributed by atoms with Gasteiger partial charge in [0.25, 0.3) is 5.91 Å². The normalized spacial score (nSPS) is 17.6. The van der Waals surface area contributed by atoms with E-state index in [-0.39, 0.29) is 5.91 Å². The Hall–Kier alpha value is -0.430. The molecule has 0 aromatic heterocycles. The van der Waals surface area contributed by atoms with Gasteiger partial charge in [-0.1, -0.05) is 30.0 Å². The van der Waals surface area contributed by atoms with Crippen molar-refractivity contribution in [2.75, 3.05) is 6.26 Å². The van der Waals surface area contributed by atoms with Crippen molar-refractivity contribution < 1.29 is 4.79 Å². The first kappa shape index (κ1) is 13.0. The molecule has 0 atom stereocenters. The van der Waals surface area contributed by atoms with Crippen LogP contribution in [0.1, 0.15) is 5.56 Å². The van der Waals surface area contributed by atoms with Gasteiger partial charge in [-0.05, 0) is 30.0 Å². The Bertz CT molecular complexity index is 524. The Labute approximate surface area is 119 Å². The van der Waals surface area contributed by atoms with Crippen molar-refractivity contribution in [3.8, 4) is 0 Å². The van der Waals surface area contributed by atoms with E-state index in [1.807, 2.05) is 30.5 Å². The lowest BCUT2D eigenvalue weighted by Crippen LogP contribution is -2.17. The summed E-state index contributed by atoms with van der Waals surface area (Å²) in [6.45, 7) is 0. The fourth-order valence-electron chi connectivity index (χ4n) is 1.37. The van der Waals surface area contributed by atoms with Crippen LogP contribution in [-0.4, -0.2) is 16.5 Å². The summed E-state index contributed by atoms with van der Waals surface area (Å²) in [5.74, 6) is -0.130. The van der Waals surface area contributed by atoms with Gasteiger partial charge in [0.1, 0.15) is 4.32 Å². The lowest BCUT2D eigenvalue weighted by Gasteiger charge is -2.02. The van der Waals surface area contributed by atoms with E-state index < -0.39 is 0 Å². The average molecular weight is 299 g/mol. The van der Waals surface area contributed by atoms with Gasteiger partial charge in [0.15, 0.2) is 0 Å². The number of amides is 1. The molecule has 88 valence electrons. The summed E-state index contributed by atoms with van der Waals surface area (Å²) in [5, 5.41) is 2.59. The monoisotopic (exact) mass is 299 g/mol. The third kappa shape index (κ3) is 3.07. The first-order valence-electron chi connectivity index (χ1n) is 4.72. The van der Waals surface area contributed by atoms with E-state index in [2.05, 4.69) is 17.9 Å². The number of thioether (sulfide) groups is 2. The molecule has 0 aliphatic carbocycles. The number of thiol groups is 1. The van der Waals surface area contributed by atoms with Crippen LogP contribution in [0, 0.1) is 0 Å². The molecule has 1 aromatic rings. The average Bonchev–Trinajstić information content (AvgIpc) is 2.58. The lowest BCUT2D eigenvalue weighted by molar-refractivity contribution is -0.115. The number of nitrogens with one attached hydrogen (secondary N) is 1. The minimum absolute atomic E-state index is 0.130. The molecule has 1 saturated heterocycles. The van der Waals surface area contributed by atoms with Crippen molar-refractivity contribution in [3.63, 3.8) is 0 Å². The van der Waals surface area contributed by atoms with Crippen LogP contribution in [0.4, 0.5) is 0 Å². The Balaban J connectivity index is 2.30. The zero-order valence-electron chi connectivity index (χ0n) is 8.89. The third-order valence-corrected chi connectivity index (χ3v) is 4.62. The molecule has 0 saturated carbocycles. The number of rotatable bonds is 2. The predicted octanol–water partition coefficient (Wildman–Crippen LogP) is 3.19. The maximum atomic E-state index is 11.5.